The van der Waals surface area contributed by atoms with Crippen LogP contribution in [0.3, 0.4) is 0 Å². The Hall–Kier alpha value is -1.47. The number of hydrogen-bond donors (Lipinski definition) is 2. The van der Waals surface area contributed by atoms with E-state index >= 15 is 0 Å². The molecule has 6 nitrogen and oxygen atoms in total. The van der Waals surface area contributed by atoms with Crippen molar-refractivity contribution in [3.63, 3.8) is 0 Å². The standard InChI is InChI=1S/C13H19ClN2O4S/c1-3-10-6-5-7-11(4-2)12(10)15-21(18,19)16-13(17)20-9-8-14/h5-7,15H,3-4,8-9H2,1-2H3,(H,16,17). The van der Waals surface area contributed by atoms with Crippen LogP contribution in [0.4, 0.5) is 10.5 Å². The molecule has 0 spiro atoms. The van der Waals surface area contributed by atoms with Gasteiger partial charge in [0.15, 0.2) is 0 Å². The average Bonchev–Trinajstić information content (AvgIpc) is 2.44. The van der Waals surface area contributed by atoms with Gasteiger partial charge in [0.25, 0.3) is 0 Å². The molecule has 0 bridgehead atoms. The second-order valence-corrected chi connectivity index (χ2v) is 5.98. The molecule has 0 aliphatic carbocycles. The molecule has 0 aliphatic rings. The van der Waals surface area contributed by atoms with Crippen LogP contribution in [0.5, 0.6) is 0 Å². The fourth-order valence-electron chi connectivity index (χ4n) is 1.80. The maximum atomic E-state index is 12.0. The number of halogens is 1. The first kappa shape index (κ1) is 17.6. The van der Waals surface area contributed by atoms with Gasteiger partial charge in [-0.2, -0.15) is 8.42 Å². The van der Waals surface area contributed by atoms with Crippen LogP contribution in [0, 0.1) is 0 Å². The Morgan fingerprint density at radius 2 is 1.81 bits per heavy atom. The van der Waals surface area contributed by atoms with Crippen LogP contribution in [0.25, 0.3) is 0 Å². The molecule has 0 heterocycles. The Kier molecular flexibility index (Phi) is 6.77. The number of hydrogen-bond acceptors (Lipinski definition) is 4. The molecule has 0 aliphatic heterocycles. The SMILES string of the molecule is CCc1cccc(CC)c1NS(=O)(=O)NC(=O)OCCCl. The first-order chi connectivity index (χ1) is 9.93. The predicted molar refractivity (Wildman–Crippen MR) is 82.9 cm³/mol. The highest BCUT2D eigenvalue weighted by atomic mass is 35.5. The fraction of sp³-hybridized carbons (Fsp3) is 0.462. The molecule has 1 rings (SSSR count). The van der Waals surface area contributed by atoms with Gasteiger partial charge >= 0.3 is 16.3 Å². The summed E-state index contributed by atoms with van der Waals surface area (Å²) in [7, 11) is -4.05. The third-order valence-electron chi connectivity index (χ3n) is 2.76. The van der Waals surface area contributed by atoms with Crippen molar-refractivity contribution < 1.29 is 17.9 Å². The molecule has 0 fully saturated rings. The minimum absolute atomic E-state index is 0.0608. The lowest BCUT2D eigenvalue weighted by Gasteiger charge is -2.15. The van der Waals surface area contributed by atoms with E-state index in [2.05, 4.69) is 9.46 Å². The van der Waals surface area contributed by atoms with E-state index in [-0.39, 0.29) is 12.5 Å². The van der Waals surface area contributed by atoms with Gasteiger partial charge in [-0.3, -0.25) is 4.72 Å². The molecular weight excluding hydrogens is 316 g/mol. The Morgan fingerprint density at radius 3 is 2.29 bits per heavy atom. The van der Waals surface area contributed by atoms with E-state index in [1.54, 1.807) is 4.72 Å². The maximum Gasteiger partial charge on any atom is 0.422 e. The molecule has 0 aromatic heterocycles. The molecule has 0 radical (unpaired) electrons. The van der Waals surface area contributed by atoms with E-state index in [0.717, 1.165) is 11.1 Å². The fourth-order valence-corrected chi connectivity index (χ4v) is 2.74. The molecular formula is C13H19ClN2O4S. The van der Waals surface area contributed by atoms with E-state index in [9.17, 15) is 13.2 Å². The van der Waals surface area contributed by atoms with Crippen molar-refractivity contribution in [2.75, 3.05) is 17.2 Å². The van der Waals surface area contributed by atoms with Crippen LogP contribution in [-0.2, 0) is 27.8 Å². The lowest BCUT2D eigenvalue weighted by atomic mass is 10.0. The van der Waals surface area contributed by atoms with E-state index < -0.39 is 16.3 Å². The highest BCUT2D eigenvalue weighted by molar-refractivity contribution is 7.91. The van der Waals surface area contributed by atoms with Crippen molar-refractivity contribution in [3.05, 3.63) is 29.3 Å². The molecule has 0 atom stereocenters. The Balaban J connectivity index is 2.91. The maximum absolute atomic E-state index is 12.0. The Bertz CT molecular complexity index is 568. The topological polar surface area (TPSA) is 84.5 Å². The van der Waals surface area contributed by atoms with Crippen LogP contribution in [0.15, 0.2) is 18.2 Å². The van der Waals surface area contributed by atoms with Crippen LogP contribution >= 0.6 is 11.6 Å². The summed E-state index contributed by atoms with van der Waals surface area (Å²) in [5.41, 5.74) is 2.21. The van der Waals surface area contributed by atoms with Crippen molar-refractivity contribution >= 4 is 33.6 Å². The van der Waals surface area contributed by atoms with Gasteiger partial charge < -0.3 is 4.74 Å². The predicted octanol–water partition coefficient (Wildman–Crippen LogP) is 2.43. The number of alkyl halides is 1. The quantitative estimate of drug-likeness (QED) is 0.750. The minimum atomic E-state index is -4.05. The monoisotopic (exact) mass is 334 g/mol. The van der Waals surface area contributed by atoms with Gasteiger partial charge in [0.2, 0.25) is 0 Å². The second kappa shape index (κ2) is 8.09. The number of anilines is 1. The van der Waals surface area contributed by atoms with E-state index in [1.165, 1.54) is 0 Å². The third kappa shape index (κ3) is 5.43. The molecule has 1 amide bonds. The minimum Gasteiger partial charge on any atom is -0.448 e. The van der Waals surface area contributed by atoms with Gasteiger partial charge in [-0.1, -0.05) is 32.0 Å². The van der Waals surface area contributed by atoms with Crippen LogP contribution in [-0.4, -0.2) is 27.0 Å². The molecule has 8 heteroatoms. The Morgan fingerprint density at radius 1 is 1.24 bits per heavy atom. The number of rotatable bonds is 7. The third-order valence-corrected chi connectivity index (χ3v) is 3.83. The normalized spacial score (nSPS) is 11.0. The van der Waals surface area contributed by atoms with Crippen LogP contribution in [0.2, 0.25) is 0 Å². The first-order valence-electron chi connectivity index (χ1n) is 6.57. The number of aryl methyl sites for hydroxylation is 2. The molecule has 2 N–H and O–H groups in total. The number of amides is 1. The molecule has 1 aromatic carbocycles. The Labute approximate surface area is 130 Å². The zero-order valence-corrected chi connectivity index (χ0v) is 13.6. The number of para-hydroxylation sites is 1. The summed E-state index contributed by atoms with van der Waals surface area (Å²) < 4.78 is 32.7. The molecule has 0 saturated heterocycles. The number of nitrogens with one attached hydrogen (secondary N) is 2. The lowest BCUT2D eigenvalue weighted by molar-refractivity contribution is 0.159. The highest BCUT2D eigenvalue weighted by Crippen LogP contribution is 2.23. The van der Waals surface area contributed by atoms with Gasteiger partial charge in [0.1, 0.15) is 6.61 Å². The smallest absolute Gasteiger partial charge is 0.422 e. The van der Waals surface area contributed by atoms with Crippen molar-refractivity contribution in [1.29, 1.82) is 0 Å². The lowest BCUT2D eigenvalue weighted by Crippen LogP contribution is -2.36. The number of ether oxygens (including phenoxy) is 1. The van der Waals surface area contributed by atoms with Crippen molar-refractivity contribution in [3.8, 4) is 0 Å². The van der Waals surface area contributed by atoms with Gasteiger partial charge in [0, 0.05) is 0 Å². The molecule has 0 saturated carbocycles. The summed E-state index contributed by atoms with van der Waals surface area (Å²) in [4.78, 5) is 11.3. The number of benzene rings is 1. The van der Waals surface area contributed by atoms with Crippen molar-refractivity contribution in [2.45, 2.75) is 26.7 Å². The molecule has 118 valence electrons. The van der Waals surface area contributed by atoms with Crippen LogP contribution < -0.4 is 9.44 Å². The van der Waals surface area contributed by atoms with E-state index in [4.69, 9.17) is 11.6 Å². The number of carbonyl (C=O) groups is 1. The van der Waals surface area contributed by atoms with Crippen molar-refractivity contribution in [2.24, 2.45) is 0 Å². The average molecular weight is 335 g/mol. The number of carbonyl (C=O) groups excluding carboxylic acids is 1. The summed E-state index contributed by atoms with van der Waals surface area (Å²) in [5, 5.41) is 0. The largest absolute Gasteiger partial charge is 0.448 e. The summed E-state index contributed by atoms with van der Waals surface area (Å²) in [6, 6.07) is 5.54. The zero-order chi connectivity index (χ0) is 15.9. The summed E-state index contributed by atoms with van der Waals surface area (Å²) >= 11 is 5.36. The van der Waals surface area contributed by atoms with Gasteiger partial charge in [-0.15, -0.1) is 11.6 Å². The van der Waals surface area contributed by atoms with Crippen molar-refractivity contribution in [1.82, 2.24) is 4.72 Å². The molecule has 0 unspecified atom stereocenters. The van der Waals surface area contributed by atoms with Gasteiger partial charge in [-0.05, 0) is 24.0 Å². The van der Waals surface area contributed by atoms with Gasteiger partial charge in [0.05, 0.1) is 11.6 Å². The van der Waals surface area contributed by atoms with Crippen LogP contribution in [0.1, 0.15) is 25.0 Å². The summed E-state index contributed by atoms with van der Waals surface area (Å²) in [5.74, 6) is 0.0968. The van der Waals surface area contributed by atoms with Gasteiger partial charge in [-0.25, -0.2) is 9.52 Å². The zero-order valence-electron chi connectivity index (χ0n) is 12.0. The molecule has 21 heavy (non-hydrogen) atoms. The first-order valence-corrected chi connectivity index (χ1v) is 8.59. The second-order valence-electron chi connectivity index (χ2n) is 4.19. The summed E-state index contributed by atoms with van der Waals surface area (Å²) in [6.07, 6.45) is 0.278. The summed E-state index contributed by atoms with van der Waals surface area (Å²) in [6.45, 7) is 3.79. The highest BCUT2D eigenvalue weighted by Gasteiger charge is 2.18. The molecule has 1 aromatic rings. The van der Waals surface area contributed by atoms with E-state index in [1.807, 2.05) is 32.0 Å². The van der Waals surface area contributed by atoms with E-state index in [0.29, 0.717) is 18.5 Å².